The van der Waals surface area contributed by atoms with Gasteiger partial charge in [-0.15, -0.1) is 26.9 Å². The summed E-state index contributed by atoms with van der Waals surface area (Å²) in [7, 11) is -2.62. The van der Waals surface area contributed by atoms with Crippen LogP contribution in [0, 0.1) is 58.4 Å². The van der Waals surface area contributed by atoms with E-state index in [1.54, 1.807) is 11.1 Å². The number of hydrogen-bond acceptors (Lipinski definition) is 0. The topological polar surface area (TPSA) is 28.2 Å². The monoisotopic (exact) mass is 740 g/mol. The molecule has 0 spiro atoms. The molecule has 2 saturated carbocycles. The summed E-state index contributed by atoms with van der Waals surface area (Å²) < 4.78 is 0. The van der Waals surface area contributed by atoms with Gasteiger partial charge in [-0.05, 0) is 98.4 Å². The molecule has 0 aromatic rings. The fourth-order valence-electron chi connectivity index (χ4n) is 6.06. The summed E-state index contributed by atoms with van der Waals surface area (Å²) in [6, 6.07) is 0. The molecule has 0 atom stereocenters. The molecule has 0 aromatic carbocycles. The van der Waals surface area contributed by atoms with Gasteiger partial charge in [-0.1, -0.05) is 140 Å². The standard InChI is InChI=1S/2C15H27NSi.2C3H9P.2Sc/c2*1-10-11(2)13(4)14(12(10)3)17(8,9)16-15(5,6)7;2*1-4(2)3;;/h2*1-9H3;2*1-3H3;;/q2*-1;;;;. The van der Waals surface area contributed by atoms with E-state index < -0.39 is 16.5 Å². The van der Waals surface area contributed by atoms with Gasteiger partial charge in [0.15, 0.2) is 0 Å². The van der Waals surface area contributed by atoms with Gasteiger partial charge in [0.05, 0.1) is 0 Å². The molecular weight excluding hydrogens is 668 g/mol. The van der Waals surface area contributed by atoms with Crippen LogP contribution in [0.15, 0.2) is 0 Å². The number of rotatable bonds is 4. The zero-order valence-electron chi connectivity index (χ0n) is 33.9. The van der Waals surface area contributed by atoms with Gasteiger partial charge in [0.1, 0.15) is 0 Å². The van der Waals surface area contributed by atoms with Gasteiger partial charge in [0.2, 0.25) is 0 Å². The van der Waals surface area contributed by atoms with Gasteiger partial charge in [-0.3, -0.25) is 0 Å². The van der Waals surface area contributed by atoms with Crippen LogP contribution in [0.3, 0.4) is 0 Å². The summed E-state index contributed by atoms with van der Waals surface area (Å²) in [5.74, 6) is 11.7. The number of hydrogen-bond donors (Lipinski definition) is 0. The second-order valence-electron chi connectivity index (χ2n) is 16.1. The smallest absolute Gasteiger partial charge is 0 e. The Morgan fingerprint density at radius 1 is 0.386 bits per heavy atom. The van der Waals surface area contributed by atoms with Gasteiger partial charge < -0.3 is 9.96 Å². The zero-order chi connectivity index (χ0) is 34.3. The average molecular weight is 741 g/mol. The first kappa shape index (κ1) is 53.7. The van der Waals surface area contributed by atoms with Crippen molar-refractivity contribution in [3.05, 3.63) is 68.4 Å². The molecular formula is C36H72N2P2Sc2Si2-2. The molecule has 2 fully saturated rings. The molecule has 252 valence electrons. The Balaban J connectivity index is -0.000000282. The summed E-state index contributed by atoms with van der Waals surface area (Å²) in [5.41, 5.74) is 3.24. The Labute approximate surface area is 323 Å². The van der Waals surface area contributed by atoms with E-state index in [2.05, 4.69) is 163 Å². The fraction of sp³-hybridized carbons (Fsp3) is 0.722. The van der Waals surface area contributed by atoms with Gasteiger partial charge in [-0.25, -0.2) is 0 Å². The quantitative estimate of drug-likeness (QED) is 0.203. The summed E-state index contributed by atoms with van der Waals surface area (Å²) >= 11 is 0. The maximum Gasteiger partial charge on any atom is 0 e. The Hall–Kier alpha value is 2.95. The minimum absolute atomic E-state index is 0. The van der Waals surface area contributed by atoms with Crippen LogP contribution in [0.25, 0.3) is 9.96 Å². The molecule has 0 heterocycles. The van der Waals surface area contributed by atoms with Crippen molar-refractivity contribution < 1.29 is 51.7 Å². The van der Waals surface area contributed by atoms with Crippen LogP contribution in [-0.4, -0.2) is 67.5 Å². The Morgan fingerprint density at radius 2 is 0.523 bits per heavy atom. The van der Waals surface area contributed by atoms with E-state index in [-0.39, 0.29) is 62.8 Å². The van der Waals surface area contributed by atoms with E-state index in [9.17, 15) is 0 Å². The van der Waals surface area contributed by atoms with Gasteiger partial charge >= 0.3 is 0 Å². The SMILES string of the molecule is CP(C)C.CP(C)C.C[C]1[C](C)[C](C)[C]([Si](C)(C)[N-]C(C)(C)C)[C]1C.C[C]1[C](C)[C](C)[C]([Si](C)(C)[N-]C(C)(C)C)[C]1C.[Sc].[Sc]. The van der Waals surface area contributed by atoms with E-state index in [1.807, 2.05) is 0 Å². The molecule has 0 saturated heterocycles. The van der Waals surface area contributed by atoms with Crippen LogP contribution < -0.4 is 0 Å². The normalized spacial score (nSPS) is 20.0. The van der Waals surface area contributed by atoms with Crippen LogP contribution in [-0.2, 0) is 51.7 Å². The molecule has 8 heteroatoms. The van der Waals surface area contributed by atoms with Crippen molar-refractivity contribution in [3.63, 3.8) is 0 Å². The minimum Gasteiger partial charge on any atom is -0.659 e. The molecule has 2 aliphatic carbocycles. The zero-order valence-corrected chi connectivity index (χ0v) is 41.3. The molecule has 0 aliphatic heterocycles. The van der Waals surface area contributed by atoms with Crippen LogP contribution in [0.2, 0.25) is 26.2 Å². The molecule has 0 N–H and O–H groups in total. The van der Waals surface area contributed by atoms with Gasteiger partial charge in [0.25, 0.3) is 0 Å². The molecule has 0 aromatic heterocycles. The van der Waals surface area contributed by atoms with Crippen molar-refractivity contribution in [3.8, 4) is 0 Å². The molecule has 2 aliphatic rings. The van der Waals surface area contributed by atoms with Crippen LogP contribution in [0.4, 0.5) is 0 Å². The summed E-state index contributed by atoms with van der Waals surface area (Å²) in [4.78, 5) is 10.3. The van der Waals surface area contributed by atoms with Crippen LogP contribution in [0.5, 0.6) is 0 Å². The van der Waals surface area contributed by atoms with E-state index in [4.69, 9.17) is 9.96 Å². The van der Waals surface area contributed by atoms with Gasteiger partial charge in [-0.2, -0.15) is 0 Å². The van der Waals surface area contributed by atoms with Crippen LogP contribution >= 0.6 is 15.8 Å². The predicted octanol–water partition coefficient (Wildman–Crippen LogP) is 12.4. The second-order valence-corrected chi connectivity index (χ2v) is 29.2. The van der Waals surface area contributed by atoms with E-state index in [1.165, 1.54) is 47.3 Å². The third-order valence-corrected chi connectivity index (χ3v) is 13.7. The Bertz CT molecular complexity index is 658. The van der Waals surface area contributed by atoms with E-state index in [0.717, 1.165) is 0 Å². The van der Waals surface area contributed by atoms with E-state index >= 15 is 0 Å². The maximum atomic E-state index is 5.13. The fourth-order valence-corrected chi connectivity index (χ4v) is 14.1. The summed E-state index contributed by atoms with van der Waals surface area (Å²) in [6.07, 6.45) is 0. The first-order valence-corrected chi connectivity index (χ1v) is 26.8. The maximum absolute atomic E-state index is 5.13. The third kappa shape index (κ3) is 19.4. The average Bonchev–Trinajstić information content (AvgIpc) is 3.03. The molecule has 12 radical (unpaired) electrons. The number of nitrogens with zero attached hydrogens (tertiary/aromatic N) is 2. The molecule has 2 nitrogen and oxygen atoms in total. The second kappa shape index (κ2) is 22.0. The van der Waals surface area contributed by atoms with Gasteiger partial charge in [0, 0.05) is 51.7 Å². The molecule has 2 rings (SSSR count). The van der Waals surface area contributed by atoms with Crippen molar-refractivity contribution >= 4 is 32.3 Å². The van der Waals surface area contributed by atoms with Crippen molar-refractivity contribution in [2.45, 2.75) is 134 Å². The van der Waals surface area contributed by atoms with E-state index in [0.29, 0.717) is 15.8 Å². The van der Waals surface area contributed by atoms with Crippen molar-refractivity contribution in [2.75, 3.05) is 40.0 Å². The molecule has 0 unspecified atom stereocenters. The Morgan fingerprint density at radius 3 is 0.636 bits per heavy atom. The van der Waals surface area contributed by atoms with Crippen molar-refractivity contribution in [1.29, 1.82) is 0 Å². The molecule has 0 amide bonds. The Kier molecular flexibility index (Phi) is 26.9. The van der Waals surface area contributed by atoms with Crippen molar-refractivity contribution in [2.24, 2.45) is 0 Å². The minimum atomic E-state index is -1.69. The summed E-state index contributed by atoms with van der Waals surface area (Å²) in [6.45, 7) is 54.1. The van der Waals surface area contributed by atoms with Crippen LogP contribution in [0.1, 0.15) is 96.9 Å². The summed E-state index contributed by atoms with van der Waals surface area (Å²) in [5, 5.41) is 0. The largest absolute Gasteiger partial charge is 0.659 e. The molecule has 44 heavy (non-hydrogen) atoms. The third-order valence-electron chi connectivity index (χ3n) is 7.33. The van der Waals surface area contributed by atoms with Crippen molar-refractivity contribution in [1.82, 2.24) is 0 Å². The predicted molar refractivity (Wildman–Crippen MR) is 208 cm³/mol. The first-order chi connectivity index (χ1) is 18.4. The first-order valence-electron chi connectivity index (χ1n) is 15.6. The molecule has 0 bridgehead atoms.